The van der Waals surface area contributed by atoms with E-state index in [-0.39, 0.29) is 5.69 Å². The molecule has 0 aliphatic rings. The highest BCUT2D eigenvalue weighted by Gasteiger charge is 2.40. The van der Waals surface area contributed by atoms with Gasteiger partial charge in [0.05, 0.1) is 6.21 Å². The van der Waals surface area contributed by atoms with E-state index in [1.165, 1.54) is 6.07 Å². The minimum Gasteiger partial charge on any atom is -0.265 e. The number of carbonyl (C=O) groups is 1. The molecule has 0 fully saturated rings. The number of aromatic nitrogens is 4. The van der Waals surface area contributed by atoms with E-state index in [0.717, 1.165) is 19.5 Å². The van der Waals surface area contributed by atoms with Crippen LogP contribution in [0.5, 0.6) is 0 Å². The smallest absolute Gasteiger partial charge is 0.265 e. The van der Waals surface area contributed by atoms with Crippen LogP contribution in [0.2, 0.25) is 5.02 Å². The van der Waals surface area contributed by atoms with E-state index in [4.69, 9.17) is 11.6 Å². The molecule has 0 saturated carbocycles. The van der Waals surface area contributed by atoms with Gasteiger partial charge < -0.3 is 0 Å². The van der Waals surface area contributed by atoms with Crippen molar-refractivity contribution >= 4 is 23.7 Å². The number of alkyl halides is 6. The van der Waals surface area contributed by atoms with Crippen molar-refractivity contribution in [3.8, 4) is 0 Å². The van der Waals surface area contributed by atoms with Crippen molar-refractivity contribution in [2.24, 2.45) is 12.1 Å². The zero-order chi connectivity index (χ0) is 19.7. The normalized spacial score (nSPS) is 12.8. The molecule has 2 rings (SSSR count). The van der Waals surface area contributed by atoms with Crippen LogP contribution in [0.15, 0.2) is 17.4 Å². The minimum atomic E-state index is -4.81. The number of halogens is 7. The molecule has 26 heavy (non-hydrogen) atoms. The summed E-state index contributed by atoms with van der Waals surface area (Å²) in [5.41, 5.74) is -0.160. The number of rotatable bonds is 4. The van der Waals surface area contributed by atoms with Crippen LogP contribution in [0.4, 0.5) is 26.3 Å². The quantitative estimate of drug-likeness (QED) is 0.485. The maximum Gasteiger partial charge on any atom is 0.434 e. The van der Waals surface area contributed by atoms with E-state index < -0.39 is 41.2 Å². The van der Waals surface area contributed by atoms with Gasteiger partial charge in [0.25, 0.3) is 5.91 Å². The summed E-state index contributed by atoms with van der Waals surface area (Å²) in [6.45, 7) is -1.31. The lowest BCUT2D eigenvalue weighted by atomic mass is 10.3. The fourth-order valence-corrected chi connectivity index (χ4v) is 2.23. The molecule has 1 N–H and O–H groups in total. The first kappa shape index (κ1) is 19.8. The van der Waals surface area contributed by atoms with Gasteiger partial charge in [0.2, 0.25) is 0 Å². The Morgan fingerprint density at radius 2 is 1.96 bits per heavy atom. The Bertz CT molecular complexity index is 836. The lowest BCUT2D eigenvalue weighted by Gasteiger charge is -2.06. The average Bonchev–Trinajstić information content (AvgIpc) is 3.00. The molecule has 0 unspecified atom stereocenters. The van der Waals surface area contributed by atoms with E-state index in [9.17, 15) is 31.1 Å². The maximum atomic E-state index is 12.8. The van der Waals surface area contributed by atoms with Crippen LogP contribution >= 0.6 is 11.6 Å². The number of hydrazone groups is 1. The highest BCUT2D eigenvalue weighted by atomic mass is 35.5. The van der Waals surface area contributed by atoms with E-state index >= 15 is 0 Å². The van der Waals surface area contributed by atoms with Gasteiger partial charge in [-0.1, -0.05) is 11.6 Å². The maximum absolute atomic E-state index is 12.8. The van der Waals surface area contributed by atoms with Crippen molar-refractivity contribution in [1.29, 1.82) is 0 Å². The number of carbonyl (C=O) groups excluding carboxylic acids is 1. The van der Waals surface area contributed by atoms with E-state index in [1.54, 1.807) is 0 Å². The molecule has 0 saturated heterocycles. The molecule has 0 bridgehead atoms. The molecule has 7 nitrogen and oxygen atoms in total. The lowest BCUT2D eigenvalue weighted by Crippen LogP contribution is -2.19. The lowest BCUT2D eigenvalue weighted by molar-refractivity contribution is -0.144. The van der Waals surface area contributed by atoms with Gasteiger partial charge in [0, 0.05) is 13.2 Å². The summed E-state index contributed by atoms with van der Waals surface area (Å²) in [7, 11) is 0.960. The Morgan fingerprint density at radius 1 is 1.31 bits per heavy atom. The first-order valence-corrected chi connectivity index (χ1v) is 6.99. The Kier molecular flexibility index (Phi) is 5.30. The topological polar surface area (TPSA) is 77.1 Å². The van der Waals surface area contributed by atoms with Gasteiger partial charge in [-0.15, -0.1) is 0 Å². The van der Waals surface area contributed by atoms with Gasteiger partial charge in [-0.3, -0.25) is 14.2 Å². The predicted molar refractivity (Wildman–Crippen MR) is 76.6 cm³/mol. The second-order valence-electron chi connectivity index (χ2n) is 4.89. The number of aryl methyl sites for hydroxylation is 1. The molecule has 142 valence electrons. The molecular weight excluding hydrogens is 394 g/mol. The Morgan fingerprint density at radius 3 is 2.50 bits per heavy atom. The Balaban J connectivity index is 2.07. The summed E-state index contributed by atoms with van der Waals surface area (Å²) >= 11 is 5.53. The Hall–Kier alpha value is -2.57. The molecule has 2 heterocycles. The number of amides is 1. The van der Waals surface area contributed by atoms with Crippen LogP contribution in [-0.2, 0) is 19.8 Å². The first-order chi connectivity index (χ1) is 11.9. The van der Waals surface area contributed by atoms with Gasteiger partial charge >= 0.3 is 12.4 Å². The van der Waals surface area contributed by atoms with E-state index in [1.807, 2.05) is 5.43 Å². The molecule has 0 radical (unpaired) electrons. The second-order valence-corrected chi connectivity index (χ2v) is 5.26. The standard InChI is InChI=1S/C12H9ClF6N6O/c1-24-9(12(17,18)19)7(13)8(23-24)10(26)21-20-4-6-2-3-25(22-6)5-11(14,15)16/h2-4H,5H2,1H3,(H,21,26)/b20-4-. The third-order valence-corrected chi connectivity index (χ3v) is 3.20. The summed E-state index contributed by atoms with van der Waals surface area (Å²) in [4.78, 5) is 11.8. The summed E-state index contributed by atoms with van der Waals surface area (Å²) in [6, 6.07) is 1.19. The van der Waals surface area contributed by atoms with Gasteiger partial charge in [0.15, 0.2) is 11.4 Å². The molecule has 0 aromatic carbocycles. The zero-order valence-electron chi connectivity index (χ0n) is 12.7. The van der Waals surface area contributed by atoms with Crippen LogP contribution < -0.4 is 5.43 Å². The van der Waals surface area contributed by atoms with Crippen molar-refractivity contribution in [2.45, 2.75) is 18.9 Å². The van der Waals surface area contributed by atoms with Crippen LogP contribution in [-0.4, -0.2) is 37.9 Å². The van der Waals surface area contributed by atoms with Crippen molar-refractivity contribution in [2.75, 3.05) is 0 Å². The van der Waals surface area contributed by atoms with Crippen LogP contribution in [0.25, 0.3) is 0 Å². The van der Waals surface area contributed by atoms with E-state index in [0.29, 0.717) is 9.36 Å². The number of nitrogens with zero attached hydrogens (tertiary/aromatic N) is 5. The Labute approximate surface area is 146 Å². The molecule has 0 aliphatic heterocycles. The minimum absolute atomic E-state index is 0.0161. The number of hydrogen-bond donors (Lipinski definition) is 1. The summed E-state index contributed by atoms with van der Waals surface area (Å²) in [5, 5.41) is 9.41. The largest absolute Gasteiger partial charge is 0.434 e. The monoisotopic (exact) mass is 402 g/mol. The first-order valence-electron chi connectivity index (χ1n) is 6.62. The predicted octanol–water partition coefficient (Wildman–Crippen LogP) is 2.62. The van der Waals surface area contributed by atoms with Crippen molar-refractivity contribution in [3.05, 3.63) is 34.4 Å². The summed E-state index contributed by atoms with van der Waals surface area (Å²) < 4.78 is 76.0. The van der Waals surface area contributed by atoms with Crippen molar-refractivity contribution in [1.82, 2.24) is 25.0 Å². The molecule has 0 spiro atoms. The SMILES string of the molecule is Cn1nc(C(=O)N/N=C\c2ccn(CC(F)(F)F)n2)c(Cl)c1C(F)(F)F. The molecule has 0 atom stereocenters. The molecule has 2 aromatic heterocycles. The van der Waals surface area contributed by atoms with Gasteiger partial charge in [-0.05, 0) is 6.07 Å². The van der Waals surface area contributed by atoms with Crippen molar-refractivity contribution < 1.29 is 31.1 Å². The fraction of sp³-hybridized carbons (Fsp3) is 0.333. The zero-order valence-corrected chi connectivity index (χ0v) is 13.5. The molecule has 0 aliphatic carbocycles. The highest BCUT2D eigenvalue weighted by Crippen LogP contribution is 2.35. The van der Waals surface area contributed by atoms with Crippen LogP contribution in [0, 0.1) is 0 Å². The molecule has 14 heteroatoms. The highest BCUT2D eigenvalue weighted by molar-refractivity contribution is 6.34. The van der Waals surface area contributed by atoms with Crippen LogP contribution in [0.1, 0.15) is 21.9 Å². The third-order valence-electron chi connectivity index (χ3n) is 2.84. The van der Waals surface area contributed by atoms with Crippen molar-refractivity contribution in [3.63, 3.8) is 0 Å². The van der Waals surface area contributed by atoms with E-state index in [2.05, 4.69) is 15.3 Å². The summed E-state index contributed by atoms with van der Waals surface area (Å²) in [5.74, 6) is -1.13. The molecule has 1 amide bonds. The van der Waals surface area contributed by atoms with Gasteiger partial charge in [0.1, 0.15) is 17.3 Å². The number of nitrogens with one attached hydrogen (secondary N) is 1. The van der Waals surface area contributed by atoms with Crippen LogP contribution in [0.3, 0.4) is 0 Å². The summed E-state index contributed by atoms with van der Waals surface area (Å²) in [6.07, 6.45) is -7.32. The third kappa shape index (κ3) is 4.74. The van der Waals surface area contributed by atoms with Gasteiger partial charge in [-0.25, -0.2) is 5.43 Å². The average molecular weight is 403 g/mol. The van der Waals surface area contributed by atoms with Gasteiger partial charge in [-0.2, -0.15) is 41.6 Å². The second kappa shape index (κ2) is 6.97. The molecule has 2 aromatic rings. The fourth-order valence-electron chi connectivity index (χ4n) is 1.88. The number of hydrogen-bond acceptors (Lipinski definition) is 4. The molecular formula is C12H9ClF6N6O.